The fraction of sp³-hybridized carbons (Fsp3) is 0.250. The predicted molar refractivity (Wildman–Crippen MR) is 154 cm³/mol. The zero-order chi connectivity index (χ0) is 24.7. The Morgan fingerprint density at radius 1 is 0.970 bits per heavy atom. The lowest BCUT2D eigenvalue weighted by Gasteiger charge is -2.18. The van der Waals surface area contributed by atoms with Crippen LogP contribution in [0.15, 0.2) is 24.3 Å². The molecule has 0 radical (unpaired) electrons. The van der Waals surface area contributed by atoms with Gasteiger partial charge in [0.1, 0.15) is 17.5 Å². The zero-order valence-corrected chi connectivity index (χ0v) is 25.6. The Morgan fingerprint density at radius 3 is 2.06 bits per heavy atom. The number of carboxylic acids is 1. The van der Waals surface area contributed by atoms with Crippen LogP contribution in [-0.4, -0.2) is 54.3 Å². The van der Waals surface area contributed by atoms with Gasteiger partial charge in [-0.1, -0.05) is 0 Å². The van der Waals surface area contributed by atoms with E-state index in [0.717, 1.165) is 12.7 Å². The van der Waals surface area contributed by atoms with Gasteiger partial charge < -0.3 is 25.0 Å². The summed E-state index contributed by atoms with van der Waals surface area (Å²) in [6.07, 6.45) is 0.179. The third kappa shape index (κ3) is 8.80. The highest BCUT2D eigenvalue weighted by atomic mass is 127. The number of aliphatic carboxylic acids is 1. The van der Waals surface area contributed by atoms with Crippen molar-refractivity contribution in [2.45, 2.75) is 12.5 Å². The molecule has 33 heavy (non-hydrogen) atoms. The summed E-state index contributed by atoms with van der Waals surface area (Å²) in [5.41, 5.74) is 0.778. The summed E-state index contributed by atoms with van der Waals surface area (Å²) in [7, 11) is 1.23. The van der Waals surface area contributed by atoms with Gasteiger partial charge >= 0.3 is 11.9 Å². The molecule has 4 N–H and O–H groups in total. The van der Waals surface area contributed by atoms with E-state index in [4.69, 9.17) is 14.6 Å². The van der Waals surface area contributed by atoms with Crippen molar-refractivity contribution < 1.29 is 34.1 Å². The lowest BCUT2D eigenvalue weighted by Crippen LogP contribution is -2.46. The topological polar surface area (TPSA) is 134 Å². The van der Waals surface area contributed by atoms with Crippen LogP contribution in [0.4, 0.5) is 0 Å². The number of halogens is 4. The van der Waals surface area contributed by atoms with Crippen LogP contribution in [0.2, 0.25) is 0 Å². The summed E-state index contributed by atoms with van der Waals surface area (Å²) in [4.78, 5) is 34.9. The van der Waals surface area contributed by atoms with Crippen LogP contribution >= 0.6 is 90.4 Å². The molecular weight excluding hydrogens is 888 g/mol. The fourth-order valence-electron chi connectivity index (χ4n) is 2.65. The Kier molecular flexibility index (Phi) is 11.6. The number of carbonyl (C=O) groups is 3. The average Bonchev–Trinajstić information content (AvgIpc) is 2.73. The van der Waals surface area contributed by atoms with Crippen LogP contribution in [0.3, 0.4) is 0 Å². The monoisotopic (exact) mass is 906 g/mol. The number of phenols is 1. The molecule has 0 aliphatic rings. The van der Waals surface area contributed by atoms with E-state index >= 15 is 0 Å². The van der Waals surface area contributed by atoms with Crippen LogP contribution in [0.1, 0.15) is 5.56 Å². The Bertz CT molecular complexity index is 1020. The molecule has 1 atom stereocenters. The molecule has 0 spiro atoms. The first-order valence-corrected chi connectivity index (χ1v) is 13.5. The molecule has 0 bridgehead atoms. The standard InChI is InChI=1S/C20H18I4N2O7/c1-32-20(31)15(26-16(27)7-25-8-17(28)29)4-9-2-13(23)19(14(24)3-9)33-10-5-11(21)18(30)12(22)6-10/h2-3,5-6,15,25,30H,4,7-8H2,1H3,(H,26,27)(H,28,29)/t15-/m0/s1. The SMILES string of the molecule is COC(=O)[C@H](Cc1cc(I)c(Oc2cc(I)c(O)c(I)c2)c(I)c1)NC(=O)CNCC(=O)O. The van der Waals surface area contributed by atoms with Gasteiger partial charge in [-0.25, -0.2) is 4.79 Å². The van der Waals surface area contributed by atoms with Crippen molar-refractivity contribution in [2.24, 2.45) is 0 Å². The number of amides is 1. The van der Waals surface area contributed by atoms with Crippen molar-refractivity contribution in [2.75, 3.05) is 20.2 Å². The van der Waals surface area contributed by atoms with Gasteiger partial charge in [-0.05, 0) is 120 Å². The number of methoxy groups -OCH3 is 1. The lowest BCUT2D eigenvalue weighted by atomic mass is 10.1. The van der Waals surface area contributed by atoms with Crippen LogP contribution in [0.25, 0.3) is 0 Å². The molecule has 0 fully saturated rings. The molecule has 1 amide bonds. The van der Waals surface area contributed by atoms with E-state index in [2.05, 4.69) is 55.8 Å². The first-order chi connectivity index (χ1) is 15.5. The summed E-state index contributed by atoms with van der Waals surface area (Å²) in [5.74, 6) is -0.798. The minimum Gasteiger partial charge on any atom is -0.506 e. The molecule has 0 saturated heterocycles. The third-order valence-electron chi connectivity index (χ3n) is 4.09. The number of aromatic hydroxyl groups is 1. The first-order valence-electron chi connectivity index (χ1n) is 9.15. The van der Waals surface area contributed by atoms with Gasteiger partial charge in [0, 0.05) is 6.42 Å². The maximum absolute atomic E-state index is 12.2. The van der Waals surface area contributed by atoms with E-state index in [1.165, 1.54) is 7.11 Å². The molecule has 13 heteroatoms. The first kappa shape index (κ1) is 28.6. The fourth-order valence-corrected chi connectivity index (χ4v) is 6.47. The van der Waals surface area contributed by atoms with Crippen molar-refractivity contribution in [3.63, 3.8) is 0 Å². The largest absolute Gasteiger partial charge is 0.506 e. The van der Waals surface area contributed by atoms with Crippen molar-refractivity contribution in [3.8, 4) is 17.2 Å². The number of benzene rings is 2. The lowest BCUT2D eigenvalue weighted by molar-refractivity contribution is -0.145. The normalized spacial score (nSPS) is 11.5. The van der Waals surface area contributed by atoms with Gasteiger partial charge in [0.2, 0.25) is 5.91 Å². The number of phenolic OH excluding ortho intramolecular Hbond substituents is 1. The molecule has 2 aromatic carbocycles. The van der Waals surface area contributed by atoms with Gasteiger partial charge in [0.15, 0.2) is 5.75 Å². The van der Waals surface area contributed by atoms with E-state index in [-0.39, 0.29) is 25.3 Å². The second-order valence-electron chi connectivity index (χ2n) is 6.57. The van der Waals surface area contributed by atoms with E-state index in [1.54, 1.807) is 12.1 Å². The quantitative estimate of drug-likeness (QED) is 0.211. The molecule has 0 unspecified atom stereocenters. The highest BCUT2D eigenvalue weighted by Gasteiger charge is 2.23. The highest BCUT2D eigenvalue weighted by molar-refractivity contribution is 14.1. The minimum atomic E-state index is -1.09. The summed E-state index contributed by atoms with van der Waals surface area (Å²) < 4.78 is 13.8. The van der Waals surface area contributed by atoms with Crippen molar-refractivity contribution in [3.05, 3.63) is 44.1 Å². The molecule has 0 heterocycles. The molecule has 2 aromatic rings. The number of esters is 1. The second kappa shape index (κ2) is 13.4. The summed E-state index contributed by atoms with van der Waals surface area (Å²) in [6, 6.07) is 6.23. The Labute approximate surface area is 244 Å². The molecule has 0 aliphatic heterocycles. The maximum Gasteiger partial charge on any atom is 0.328 e. The molecule has 0 saturated carbocycles. The van der Waals surface area contributed by atoms with E-state index in [0.29, 0.717) is 18.6 Å². The summed E-state index contributed by atoms with van der Waals surface area (Å²) >= 11 is 8.34. The minimum absolute atomic E-state index is 0.179. The molecular formula is C20H18I4N2O7. The van der Waals surface area contributed by atoms with Crippen molar-refractivity contribution in [1.82, 2.24) is 10.6 Å². The van der Waals surface area contributed by atoms with Crippen LogP contribution in [0.5, 0.6) is 17.2 Å². The molecule has 178 valence electrons. The van der Waals surface area contributed by atoms with Gasteiger partial charge in [-0.3, -0.25) is 14.9 Å². The molecule has 2 rings (SSSR count). The number of carbonyl (C=O) groups excluding carboxylic acids is 2. The molecule has 9 nitrogen and oxygen atoms in total. The van der Waals surface area contributed by atoms with E-state index in [9.17, 15) is 19.5 Å². The number of rotatable bonds is 10. The zero-order valence-electron chi connectivity index (χ0n) is 17.0. The smallest absolute Gasteiger partial charge is 0.328 e. The number of hydrogen-bond acceptors (Lipinski definition) is 7. The number of ether oxygens (including phenoxy) is 2. The van der Waals surface area contributed by atoms with Crippen LogP contribution in [-0.2, 0) is 25.5 Å². The molecule has 0 aromatic heterocycles. The van der Waals surface area contributed by atoms with Crippen LogP contribution < -0.4 is 15.4 Å². The number of nitrogens with one attached hydrogen (secondary N) is 2. The van der Waals surface area contributed by atoms with Gasteiger partial charge in [-0.2, -0.15) is 0 Å². The van der Waals surface area contributed by atoms with Gasteiger partial charge in [0.25, 0.3) is 0 Å². The van der Waals surface area contributed by atoms with E-state index in [1.807, 2.05) is 57.3 Å². The Morgan fingerprint density at radius 2 is 1.55 bits per heavy atom. The summed E-state index contributed by atoms with van der Waals surface area (Å²) in [6.45, 7) is -0.612. The average molecular weight is 906 g/mol. The van der Waals surface area contributed by atoms with Gasteiger partial charge in [-0.15, -0.1) is 0 Å². The van der Waals surface area contributed by atoms with Crippen molar-refractivity contribution in [1.29, 1.82) is 0 Å². The number of hydrogen-bond donors (Lipinski definition) is 4. The Balaban J connectivity index is 2.17. The van der Waals surface area contributed by atoms with Crippen LogP contribution in [0, 0.1) is 14.3 Å². The Hall–Kier alpha value is -0.670. The third-order valence-corrected chi connectivity index (χ3v) is 7.34. The van der Waals surface area contributed by atoms with E-state index < -0.39 is 23.9 Å². The highest BCUT2D eigenvalue weighted by Crippen LogP contribution is 2.37. The number of carboxylic acid groups (broad SMARTS) is 1. The molecule has 0 aliphatic carbocycles. The predicted octanol–water partition coefficient (Wildman–Crippen LogP) is 3.48. The maximum atomic E-state index is 12.2. The van der Waals surface area contributed by atoms with Gasteiger partial charge in [0.05, 0.1) is 34.5 Å². The second-order valence-corrected chi connectivity index (χ2v) is 11.2. The summed E-state index contributed by atoms with van der Waals surface area (Å²) in [5, 5.41) is 23.6. The van der Waals surface area contributed by atoms with Crippen molar-refractivity contribution >= 4 is 108 Å².